The summed E-state index contributed by atoms with van der Waals surface area (Å²) in [4.78, 5) is 0. The van der Waals surface area contributed by atoms with Crippen molar-refractivity contribution in [3.05, 3.63) is 0 Å². The maximum absolute atomic E-state index is 10.8. The first kappa shape index (κ1) is 33.5. The maximum Gasteiger partial charge on any atom is 0.264 e. The van der Waals surface area contributed by atoms with Crippen molar-refractivity contribution in [3.63, 3.8) is 0 Å². The van der Waals surface area contributed by atoms with Crippen molar-refractivity contribution in [2.75, 3.05) is 51.5 Å². The van der Waals surface area contributed by atoms with Crippen molar-refractivity contribution < 1.29 is 70.1 Å². The zero-order valence-corrected chi connectivity index (χ0v) is 22.2. The molecule has 206 valence electrons. The Morgan fingerprint density at radius 3 is 1.12 bits per heavy atom. The Labute approximate surface area is 199 Å². The summed E-state index contributed by atoms with van der Waals surface area (Å²) in [7, 11) is -14.6. The minimum absolute atomic E-state index is 0.249. The van der Waals surface area contributed by atoms with E-state index < -0.39 is 84.4 Å². The Morgan fingerprint density at radius 1 is 0.618 bits per heavy atom. The first-order chi connectivity index (χ1) is 15.1. The molecule has 1 fully saturated rings. The summed E-state index contributed by atoms with van der Waals surface area (Å²) in [5, 5.41) is 18.3. The minimum atomic E-state index is -3.73. The summed E-state index contributed by atoms with van der Waals surface area (Å²) >= 11 is 0. The van der Waals surface area contributed by atoms with Crippen molar-refractivity contribution in [1.29, 1.82) is 0 Å². The topological polar surface area (TPSA) is 232 Å². The van der Waals surface area contributed by atoms with Gasteiger partial charge in [-0.1, -0.05) is 0 Å². The maximum atomic E-state index is 10.8. The predicted octanol–water partition coefficient (Wildman–Crippen LogP) is -3.27. The molecule has 0 unspecified atom stereocenters. The minimum Gasteiger partial charge on any atom is -0.388 e. The molecule has 0 spiro atoms. The Hall–Kier alpha value is -0.520. The lowest BCUT2D eigenvalue weighted by Gasteiger charge is -2.16. The van der Waals surface area contributed by atoms with Crippen LogP contribution in [0.25, 0.3) is 0 Å². The van der Waals surface area contributed by atoms with Crippen molar-refractivity contribution >= 4 is 40.5 Å². The van der Waals surface area contributed by atoms with Crippen LogP contribution in [0.5, 0.6) is 0 Å². The van der Waals surface area contributed by atoms with Crippen LogP contribution < -0.4 is 0 Å². The molecule has 0 aromatic heterocycles. The van der Waals surface area contributed by atoms with Crippen LogP contribution in [0, 0.1) is 0 Å². The molecular formula is C14H30O16S4. The van der Waals surface area contributed by atoms with Crippen molar-refractivity contribution in [2.24, 2.45) is 0 Å². The molecule has 2 N–H and O–H groups in total. The van der Waals surface area contributed by atoms with Crippen molar-refractivity contribution in [3.8, 4) is 0 Å². The van der Waals surface area contributed by atoms with E-state index in [0.29, 0.717) is 0 Å². The van der Waals surface area contributed by atoms with E-state index in [9.17, 15) is 33.7 Å². The fourth-order valence-electron chi connectivity index (χ4n) is 1.98. The number of rotatable bonds is 13. The van der Waals surface area contributed by atoms with E-state index in [4.69, 9.17) is 19.7 Å². The predicted molar refractivity (Wildman–Crippen MR) is 114 cm³/mol. The average molecular weight is 583 g/mol. The van der Waals surface area contributed by atoms with E-state index in [2.05, 4.69) is 16.7 Å². The van der Waals surface area contributed by atoms with Gasteiger partial charge in [0, 0.05) is 0 Å². The largest absolute Gasteiger partial charge is 0.388 e. The van der Waals surface area contributed by atoms with E-state index in [1.54, 1.807) is 6.92 Å². The molecule has 1 rings (SSSR count). The lowest BCUT2D eigenvalue weighted by Crippen LogP contribution is -2.35. The third-order valence-corrected chi connectivity index (χ3v) is 5.65. The van der Waals surface area contributed by atoms with E-state index in [0.717, 1.165) is 25.0 Å². The molecule has 0 aromatic rings. The van der Waals surface area contributed by atoms with Gasteiger partial charge in [0.15, 0.2) is 6.29 Å². The first-order valence-corrected chi connectivity index (χ1v) is 16.4. The summed E-state index contributed by atoms with van der Waals surface area (Å²) in [6, 6.07) is 0. The highest BCUT2D eigenvalue weighted by molar-refractivity contribution is 7.86. The highest BCUT2D eigenvalue weighted by atomic mass is 32.2. The van der Waals surface area contributed by atoms with Gasteiger partial charge in [0.25, 0.3) is 40.5 Å². The molecule has 16 nitrogen and oxygen atoms in total. The van der Waals surface area contributed by atoms with Gasteiger partial charge in [-0.25, -0.2) is 0 Å². The lowest BCUT2D eigenvalue weighted by atomic mass is 10.2. The van der Waals surface area contributed by atoms with E-state index in [1.165, 1.54) is 0 Å². The molecule has 1 heterocycles. The Kier molecular flexibility index (Phi) is 13.5. The lowest BCUT2D eigenvalue weighted by molar-refractivity contribution is -0.0575. The van der Waals surface area contributed by atoms with Crippen LogP contribution >= 0.6 is 0 Å². The van der Waals surface area contributed by atoms with Gasteiger partial charge in [-0.3, -0.25) is 16.7 Å². The Bertz CT molecular complexity index is 949. The molecular weight excluding hydrogens is 552 g/mol. The van der Waals surface area contributed by atoms with Gasteiger partial charge in [0.2, 0.25) is 0 Å². The first-order valence-electron chi connectivity index (χ1n) is 9.12. The van der Waals surface area contributed by atoms with Crippen LogP contribution in [0.1, 0.15) is 6.92 Å². The van der Waals surface area contributed by atoms with Gasteiger partial charge in [0.05, 0.1) is 51.5 Å². The summed E-state index contributed by atoms with van der Waals surface area (Å²) in [6.45, 7) is -0.240. The molecule has 0 bridgehead atoms. The van der Waals surface area contributed by atoms with E-state index in [1.807, 2.05) is 0 Å². The molecule has 1 saturated heterocycles. The highest BCUT2D eigenvalue weighted by Crippen LogP contribution is 2.20. The third kappa shape index (κ3) is 18.8. The molecule has 4 atom stereocenters. The fraction of sp³-hybridized carbons (Fsp3) is 1.00. The van der Waals surface area contributed by atoms with Gasteiger partial charge < -0.3 is 19.7 Å². The van der Waals surface area contributed by atoms with Gasteiger partial charge >= 0.3 is 0 Å². The normalized spacial score (nSPS) is 22.1. The van der Waals surface area contributed by atoms with Gasteiger partial charge in [-0.05, 0) is 6.92 Å². The molecule has 0 aliphatic carbocycles. The fourth-order valence-corrected chi connectivity index (χ4v) is 3.52. The summed E-state index contributed by atoms with van der Waals surface area (Å²) in [5.74, 6) is 0. The smallest absolute Gasteiger partial charge is 0.264 e. The van der Waals surface area contributed by atoms with Gasteiger partial charge in [-0.2, -0.15) is 33.7 Å². The standard InChI is InChI=1S/C8H16O8S2.C6H14O8S2/c1-6-15-7(4-13-17(2,9)10)8(16-6)5-14-18(3,11)12;1-15(9,10)13-3-5(7)6(8)4-14-16(2,11)12/h6-8H,4-5H2,1-3H3;5-8H,3-4H2,1-2H3/t7-,8-;5-,6-/m00/s1. The SMILES string of the molecule is CC1O[C@@H](COS(C)(=O)=O)[C@H](COS(C)(=O)=O)O1.CS(=O)(=O)OC[C@H](O)[C@@H](O)COS(C)(=O)=O. The Morgan fingerprint density at radius 2 is 0.882 bits per heavy atom. The van der Waals surface area contributed by atoms with Crippen LogP contribution in [0.4, 0.5) is 0 Å². The zero-order chi connectivity index (χ0) is 27.0. The quantitative estimate of drug-likeness (QED) is 0.203. The molecule has 1 aliphatic rings. The molecule has 1 aliphatic heterocycles. The number of hydrogen-bond donors (Lipinski definition) is 2. The zero-order valence-electron chi connectivity index (χ0n) is 19.0. The average Bonchev–Trinajstić information content (AvgIpc) is 2.98. The number of aliphatic hydroxyl groups is 2. The van der Waals surface area contributed by atoms with Gasteiger partial charge in [-0.15, -0.1) is 0 Å². The molecule has 0 aromatic carbocycles. The monoisotopic (exact) mass is 582 g/mol. The summed E-state index contributed by atoms with van der Waals surface area (Å²) < 4.78 is 114. The third-order valence-electron chi connectivity index (χ3n) is 3.39. The molecule has 34 heavy (non-hydrogen) atoms. The summed E-state index contributed by atoms with van der Waals surface area (Å²) in [5.41, 5.74) is 0. The van der Waals surface area contributed by atoms with Crippen molar-refractivity contribution in [1.82, 2.24) is 0 Å². The number of ether oxygens (including phenoxy) is 2. The second kappa shape index (κ2) is 13.7. The molecule has 0 saturated carbocycles. The van der Waals surface area contributed by atoms with Crippen LogP contribution in [0.15, 0.2) is 0 Å². The second-order valence-electron chi connectivity index (χ2n) is 7.01. The highest BCUT2D eigenvalue weighted by Gasteiger charge is 2.35. The molecule has 0 amide bonds. The van der Waals surface area contributed by atoms with E-state index in [-0.39, 0.29) is 13.2 Å². The Balaban J connectivity index is 0.000000646. The van der Waals surface area contributed by atoms with Crippen LogP contribution in [-0.2, 0) is 66.7 Å². The molecule has 0 radical (unpaired) electrons. The molecule has 20 heteroatoms. The van der Waals surface area contributed by atoms with Crippen LogP contribution in [0.2, 0.25) is 0 Å². The number of aliphatic hydroxyl groups excluding tert-OH is 2. The van der Waals surface area contributed by atoms with Crippen LogP contribution in [-0.4, -0.2) is 126 Å². The van der Waals surface area contributed by atoms with E-state index >= 15 is 0 Å². The second-order valence-corrected chi connectivity index (χ2v) is 13.6. The van der Waals surface area contributed by atoms with Gasteiger partial charge in [0.1, 0.15) is 24.4 Å². The number of hydrogen-bond acceptors (Lipinski definition) is 16. The summed E-state index contributed by atoms with van der Waals surface area (Å²) in [6.07, 6.45) is -1.71. The van der Waals surface area contributed by atoms with Crippen LogP contribution in [0.3, 0.4) is 0 Å². The van der Waals surface area contributed by atoms with Crippen molar-refractivity contribution in [2.45, 2.75) is 37.6 Å².